The molecule has 1 fully saturated rings. The third-order valence-corrected chi connectivity index (χ3v) is 5.21. The third-order valence-electron chi connectivity index (χ3n) is 4.88. The van der Waals surface area contributed by atoms with Crippen LogP contribution in [-0.2, 0) is 5.60 Å². The van der Waals surface area contributed by atoms with Crippen molar-refractivity contribution in [2.45, 2.75) is 18.9 Å². The largest absolute Gasteiger partial charge is 0.573 e. The van der Waals surface area contributed by atoms with Gasteiger partial charge in [-0.15, -0.1) is 13.2 Å². The fourth-order valence-corrected chi connectivity index (χ4v) is 4.13. The van der Waals surface area contributed by atoms with Gasteiger partial charge < -0.3 is 14.7 Å². The number of nitrogens with zero attached hydrogens (tertiary/aromatic N) is 1. The Morgan fingerprint density at radius 3 is 2.15 bits per heavy atom. The van der Waals surface area contributed by atoms with Crippen LogP contribution in [0.3, 0.4) is 0 Å². The number of ether oxygens (including phenoxy) is 1. The zero-order valence-corrected chi connectivity index (χ0v) is 15.1. The fraction of sp³-hybridized carbons (Fsp3) is 0.368. The van der Waals surface area contributed by atoms with E-state index in [2.05, 4.69) is 9.64 Å². The number of aliphatic hydroxyl groups is 1. The van der Waals surface area contributed by atoms with E-state index in [9.17, 15) is 18.3 Å². The predicted octanol–water partition coefficient (Wildman–Crippen LogP) is 4.43. The SMILES string of the molecule is CN1CC(C)(C(O)(c2ccc(OC(F)(F)F)cc2)c2ccccc2Cl)C1. The van der Waals surface area contributed by atoms with Crippen LogP contribution in [0.1, 0.15) is 18.1 Å². The second-order valence-corrected chi connectivity index (χ2v) is 7.40. The van der Waals surface area contributed by atoms with Gasteiger partial charge in [-0.25, -0.2) is 0 Å². The molecule has 1 aliphatic heterocycles. The standard InChI is InChI=1S/C19H19ClF3NO2/c1-17(11-24(2)12-17)18(25,15-5-3-4-6-16(15)20)13-7-9-14(10-8-13)26-19(21,22)23/h3-10,25H,11-12H2,1-2H3. The molecule has 1 unspecified atom stereocenters. The maximum absolute atomic E-state index is 12.4. The molecule has 1 aliphatic rings. The Balaban J connectivity index is 2.06. The molecule has 140 valence electrons. The van der Waals surface area contributed by atoms with Crippen molar-refractivity contribution in [3.05, 3.63) is 64.7 Å². The molecule has 26 heavy (non-hydrogen) atoms. The number of halogens is 4. The van der Waals surface area contributed by atoms with Gasteiger partial charge in [0.1, 0.15) is 11.4 Å². The lowest BCUT2D eigenvalue weighted by molar-refractivity contribution is -0.274. The first-order valence-corrected chi connectivity index (χ1v) is 8.45. The molecule has 0 radical (unpaired) electrons. The summed E-state index contributed by atoms with van der Waals surface area (Å²) in [5.74, 6) is -0.335. The number of benzene rings is 2. The molecule has 1 atom stereocenters. The van der Waals surface area contributed by atoms with Crippen LogP contribution in [0.2, 0.25) is 5.02 Å². The summed E-state index contributed by atoms with van der Waals surface area (Å²) in [5.41, 5.74) is -0.995. The highest BCUT2D eigenvalue weighted by Gasteiger charge is 2.55. The number of hydrogen-bond donors (Lipinski definition) is 1. The lowest BCUT2D eigenvalue weighted by Crippen LogP contribution is -2.63. The number of rotatable bonds is 4. The summed E-state index contributed by atoms with van der Waals surface area (Å²) in [6.07, 6.45) is -4.76. The highest BCUT2D eigenvalue weighted by Crippen LogP contribution is 2.51. The van der Waals surface area contributed by atoms with Crippen LogP contribution in [-0.4, -0.2) is 36.5 Å². The Labute approximate surface area is 155 Å². The molecule has 2 aromatic carbocycles. The molecule has 2 aromatic rings. The van der Waals surface area contributed by atoms with E-state index in [4.69, 9.17) is 11.6 Å². The fourth-order valence-electron chi connectivity index (χ4n) is 3.86. The average molecular weight is 386 g/mol. The monoisotopic (exact) mass is 385 g/mol. The van der Waals surface area contributed by atoms with Gasteiger partial charge in [0, 0.05) is 29.1 Å². The minimum absolute atomic E-state index is 0.335. The highest BCUT2D eigenvalue weighted by molar-refractivity contribution is 6.31. The topological polar surface area (TPSA) is 32.7 Å². The summed E-state index contributed by atoms with van der Waals surface area (Å²) < 4.78 is 41.1. The highest BCUT2D eigenvalue weighted by atomic mass is 35.5. The van der Waals surface area contributed by atoms with E-state index in [1.807, 2.05) is 14.0 Å². The van der Waals surface area contributed by atoms with E-state index in [0.717, 1.165) is 0 Å². The van der Waals surface area contributed by atoms with E-state index in [0.29, 0.717) is 29.2 Å². The summed E-state index contributed by atoms with van der Waals surface area (Å²) in [7, 11) is 1.94. The van der Waals surface area contributed by atoms with Crippen molar-refractivity contribution >= 4 is 11.6 Å². The van der Waals surface area contributed by atoms with Crippen molar-refractivity contribution in [3.8, 4) is 5.75 Å². The van der Waals surface area contributed by atoms with E-state index in [1.165, 1.54) is 24.3 Å². The first kappa shape index (κ1) is 19.0. The minimum atomic E-state index is -4.76. The third kappa shape index (κ3) is 3.29. The van der Waals surface area contributed by atoms with Crippen LogP contribution in [0.15, 0.2) is 48.5 Å². The number of hydrogen-bond acceptors (Lipinski definition) is 3. The van der Waals surface area contributed by atoms with Crippen molar-refractivity contribution in [2.75, 3.05) is 20.1 Å². The smallest absolute Gasteiger partial charge is 0.406 e. The molecular weight excluding hydrogens is 367 g/mol. The van der Waals surface area contributed by atoms with Gasteiger partial charge in [-0.05, 0) is 30.8 Å². The zero-order chi connectivity index (χ0) is 19.2. The number of likely N-dealkylation sites (tertiary alicyclic amines) is 1. The molecule has 1 N–H and O–H groups in total. The zero-order valence-electron chi connectivity index (χ0n) is 14.3. The van der Waals surface area contributed by atoms with Crippen LogP contribution in [0.25, 0.3) is 0 Å². The molecule has 0 aliphatic carbocycles. The van der Waals surface area contributed by atoms with Crippen molar-refractivity contribution < 1.29 is 23.0 Å². The Morgan fingerprint density at radius 2 is 1.65 bits per heavy atom. The van der Waals surface area contributed by atoms with Crippen LogP contribution in [0, 0.1) is 5.41 Å². The molecule has 1 heterocycles. The van der Waals surface area contributed by atoms with E-state index >= 15 is 0 Å². The predicted molar refractivity (Wildman–Crippen MR) is 93.2 cm³/mol. The summed E-state index contributed by atoms with van der Waals surface area (Å²) in [5, 5.41) is 12.2. The van der Waals surface area contributed by atoms with Gasteiger partial charge in [-0.1, -0.05) is 48.9 Å². The maximum Gasteiger partial charge on any atom is 0.573 e. The maximum atomic E-state index is 12.4. The Morgan fingerprint density at radius 1 is 1.08 bits per heavy atom. The molecule has 3 rings (SSSR count). The second kappa shape index (κ2) is 6.44. The van der Waals surface area contributed by atoms with E-state index < -0.39 is 17.4 Å². The normalized spacial score (nSPS) is 19.5. The van der Waals surface area contributed by atoms with Crippen molar-refractivity contribution in [1.82, 2.24) is 4.90 Å². The van der Waals surface area contributed by atoms with Crippen LogP contribution in [0.5, 0.6) is 5.75 Å². The molecule has 0 aromatic heterocycles. The van der Waals surface area contributed by atoms with Gasteiger partial charge in [-0.3, -0.25) is 0 Å². The average Bonchev–Trinajstić information content (AvgIpc) is 2.52. The summed E-state index contributed by atoms with van der Waals surface area (Å²) in [4.78, 5) is 2.06. The molecule has 0 amide bonds. The molecule has 7 heteroatoms. The number of alkyl halides is 3. The van der Waals surface area contributed by atoms with Crippen LogP contribution < -0.4 is 4.74 Å². The van der Waals surface area contributed by atoms with E-state index in [-0.39, 0.29) is 5.75 Å². The van der Waals surface area contributed by atoms with Crippen molar-refractivity contribution in [3.63, 3.8) is 0 Å². The molecular formula is C19H19ClF3NO2. The lowest BCUT2D eigenvalue weighted by Gasteiger charge is -2.56. The van der Waals surface area contributed by atoms with E-state index in [1.54, 1.807) is 24.3 Å². The first-order chi connectivity index (χ1) is 12.1. The van der Waals surface area contributed by atoms with Crippen LogP contribution in [0.4, 0.5) is 13.2 Å². The Bertz CT molecular complexity index is 788. The minimum Gasteiger partial charge on any atom is -0.406 e. The summed E-state index contributed by atoms with van der Waals surface area (Å²) in [6.45, 7) is 3.18. The lowest BCUT2D eigenvalue weighted by atomic mass is 9.62. The van der Waals surface area contributed by atoms with Gasteiger partial charge >= 0.3 is 6.36 Å². The Hall–Kier alpha value is -1.76. The van der Waals surface area contributed by atoms with Gasteiger partial charge in [0.15, 0.2) is 0 Å². The van der Waals surface area contributed by atoms with Crippen LogP contribution >= 0.6 is 11.6 Å². The summed E-state index contributed by atoms with van der Waals surface area (Å²) in [6, 6.07) is 12.3. The van der Waals surface area contributed by atoms with Gasteiger partial charge in [0.05, 0.1) is 0 Å². The Kier molecular flexibility index (Phi) is 4.71. The molecule has 0 spiro atoms. The molecule has 0 bridgehead atoms. The second-order valence-electron chi connectivity index (χ2n) is 7.00. The van der Waals surface area contributed by atoms with Gasteiger partial charge in [-0.2, -0.15) is 0 Å². The first-order valence-electron chi connectivity index (χ1n) is 8.07. The molecule has 3 nitrogen and oxygen atoms in total. The van der Waals surface area contributed by atoms with Crippen molar-refractivity contribution in [2.24, 2.45) is 5.41 Å². The summed E-state index contributed by atoms with van der Waals surface area (Å²) >= 11 is 6.35. The van der Waals surface area contributed by atoms with Crippen molar-refractivity contribution in [1.29, 1.82) is 0 Å². The van der Waals surface area contributed by atoms with Gasteiger partial charge in [0.2, 0.25) is 0 Å². The quantitative estimate of drug-likeness (QED) is 0.845. The van der Waals surface area contributed by atoms with Gasteiger partial charge in [0.25, 0.3) is 0 Å². The molecule has 1 saturated heterocycles. The molecule has 0 saturated carbocycles.